The summed E-state index contributed by atoms with van der Waals surface area (Å²) in [4.78, 5) is 14.5. The molecule has 110 valence electrons. The van der Waals surface area contributed by atoms with E-state index in [0.29, 0.717) is 17.3 Å². The van der Waals surface area contributed by atoms with Crippen LogP contribution in [0.15, 0.2) is 34.8 Å². The fraction of sp³-hybridized carbons (Fsp3) is 0.267. The minimum Gasteiger partial charge on any atom is -0.439 e. The molecule has 0 spiro atoms. The summed E-state index contributed by atoms with van der Waals surface area (Å²) in [5.74, 6) is 1.34. The topological polar surface area (TPSA) is 65.3 Å². The van der Waals surface area contributed by atoms with Crippen molar-refractivity contribution in [2.24, 2.45) is 0 Å². The second-order valence-corrected chi connectivity index (χ2v) is 5.87. The van der Waals surface area contributed by atoms with Gasteiger partial charge in [0.25, 0.3) is 5.69 Å². The fourth-order valence-electron chi connectivity index (χ4n) is 1.96. The average Bonchev–Trinajstić information content (AvgIpc) is 2.40. The first-order chi connectivity index (χ1) is 9.88. The van der Waals surface area contributed by atoms with Crippen LogP contribution in [0.2, 0.25) is 0 Å². The van der Waals surface area contributed by atoms with Crippen molar-refractivity contribution in [3.05, 3.63) is 56.2 Å². The zero-order chi connectivity index (χ0) is 15.6. The number of ether oxygens (including phenoxy) is 1. The zero-order valence-corrected chi connectivity index (χ0v) is 13.5. The van der Waals surface area contributed by atoms with Crippen molar-refractivity contribution in [1.29, 1.82) is 0 Å². The molecule has 0 N–H and O–H groups in total. The van der Waals surface area contributed by atoms with Crippen LogP contribution in [-0.2, 0) is 0 Å². The third kappa shape index (κ3) is 3.58. The highest BCUT2D eigenvalue weighted by atomic mass is 79.9. The number of pyridine rings is 1. The Labute approximate surface area is 131 Å². The Bertz CT molecular complexity index is 687. The van der Waals surface area contributed by atoms with Crippen molar-refractivity contribution in [2.75, 3.05) is 0 Å². The predicted octanol–water partition coefficient (Wildman–Crippen LogP) is 4.98. The molecule has 1 heterocycles. The van der Waals surface area contributed by atoms with Crippen LogP contribution in [0.3, 0.4) is 0 Å². The molecular formula is C15H15BrN2O3. The molecule has 0 bridgehead atoms. The molecule has 0 fully saturated rings. The van der Waals surface area contributed by atoms with Gasteiger partial charge in [0.2, 0.25) is 5.88 Å². The minimum atomic E-state index is -0.453. The van der Waals surface area contributed by atoms with Crippen molar-refractivity contribution in [3.8, 4) is 11.6 Å². The van der Waals surface area contributed by atoms with E-state index >= 15 is 0 Å². The fourth-order valence-corrected chi connectivity index (χ4v) is 2.34. The monoisotopic (exact) mass is 350 g/mol. The van der Waals surface area contributed by atoms with Crippen molar-refractivity contribution in [2.45, 2.75) is 26.7 Å². The summed E-state index contributed by atoms with van der Waals surface area (Å²) in [5.41, 5.74) is 1.37. The van der Waals surface area contributed by atoms with Gasteiger partial charge in [-0.05, 0) is 36.6 Å². The molecule has 21 heavy (non-hydrogen) atoms. The maximum Gasteiger partial charge on any atom is 0.290 e. The lowest BCUT2D eigenvalue weighted by Crippen LogP contribution is -1.98. The highest BCUT2D eigenvalue weighted by Gasteiger charge is 2.14. The van der Waals surface area contributed by atoms with Gasteiger partial charge < -0.3 is 4.74 Å². The summed E-state index contributed by atoms with van der Waals surface area (Å²) >= 11 is 3.44. The number of hydrogen-bond donors (Lipinski definition) is 0. The summed E-state index contributed by atoms with van der Waals surface area (Å²) < 4.78 is 6.76. The largest absolute Gasteiger partial charge is 0.439 e. The van der Waals surface area contributed by atoms with Gasteiger partial charge in [0.15, 0.2) is 0 Å². The number of nitrogens with zero attached hydrogens (tertiary/aromatic N) is 2. The first-order valence-electron chi connectivity index (χ1n) is 6.48. The van der Waals surface area contributed by atoms with E-state index in [1.807, 2.05) is 18.2 Å². The average molecular weight is 351 g/mol. The molecule has 1 aromatic heterocycles. The van der Waals surface area contributed by atoms with Gasteiger partial charge in [0.1, 0.15) is 11.4 Å². The maximum absolute atomic E-state index is 10.8. The van der Waals surface area contributed by atoms with Crippen molar-refractivity contribution >= 4 is 21.6 Å². The summed E-state index contributed by atoms with van der Waals surface area (Å²) in [5, 5.41) is 10.8. The number of benzene rings is 1. The standard InChI is InChI=1S/C15H15BrN2O3/c1-9(2)12-8-11(16)4-6-14(12)21-15-7-5-13(18(19)20)10(3)17-15/h4-9H,1-3H3. The van der Waals surface area contributed by atoms with Gasteiger partial charge in [-0.1, -0.05) is 29.8 Å². The van der Waals surface area contributed by atoms with Crippen LogP contribution in [0.5, 0.6) is 11.6 Å². The Morgan fingerprint density at radius 1 is 1.29 bits per heavy atom. The Balaban J connectivity index is 2.34. The molecule has 5 nitrogen and oxygen atoms in total. The molecule has 0 saturated carbocycles. The van der Waals surface area contributed by atoms with Crippen molar-refractivity contribution < 1.29 is 9.66 Å². The van der Waals surface area contributed by atoms with Crippen LogP contribution >= 0.6 is 15.9 Å². The molecule has 0 saturated heterocycles. The molecule has 0 aliphatic carbocycles. The van der Waals surface area contributed by atoms with Crippen molar-refractivity contribution in [3.63, 3.8) is 0 Å². The summed E-state index contributed by atoms with van der Waals surface area (Å²) in [7, 11) is 0. The predicted molar refractivity (Wildman–Crippen MR) is 83.9 cm³/mol. The van der Waals surface area contributed by atoms with Crippen molar-refractivity contribution in [1.82, 2.24) is 4.98 Å². The minimum absolute atomic E-state index is 0.0118. The van der Waals surface area contributed by atoms with Gasteiger partial charge in [-0.2, -0.15) is 0 Å². The van der Waals surface area contributed by atoms with Crippen LogP contribution in [-0.4, -0.2) is 9.91 Å². The van der Waals surface area contributed by atoms with E-state index in [1.54, 1.807) is 6.92 Å². The normalized spacial score (nSPS) is 10.7. The van der Waals surface area contributed by atoms with Gasteiger partial charge in [0.05, 0.1) is 4.92 Å². The first kappa shape index (κ1) is 15.4. The van der Waals surface area contributed by atoms with Crippen LogP contribution in [0.25, 0.3) is 0 Å². The molecule has 0 atom stereocenters. The molecule has 0 aliphatic rings. The number of rotatable bonds is 4. The summed E-state index contributed by atoms with van der Waals surface area (Å²) in [6.07, 6.45) is 0. The number of nitro groups is 1. The van der Waals surface area contributed by atoms with Gasteiger partial charge in [-0.25, -0.2) is 4.98 Å². The number of aryl methyl sites for hydroxylation is 1. The summed E-state index contributed by atoms with van der Waals surface area (Å²) in [6.45, 7) is 5.74. The number of hydrogen-bond acceptors (Lipinski definition) is 4. The van der Waals surface area contributed by atoms with Crippen LogP contribution in [0.4, 0.5) is 5.69 Å². The lowest BCUT2D eigenvalue weighted by atomic mass is 10.0. The lowest BCUT2D eigenvalue weighted by Gasteiger charge is -2.13. The van der Waals surface area contributed by atoms with E-state index in [4.69, 9.17) is 4.74 Å². The van der Waals surface area contributed by atoms with E-state index in [-0.39, 0.29) is 11.6 Å². The van der Waals surface area contributed by atoms with Gasteiger partial charge in [-0.3, -0.25) is 10.1 Å². The third-order valence-electron chi connectivity index (χ3n) is 3.04. The third-order valence-corrected chi connectivity index (χ3v) is 3.53. The number of halogens is 1. The van der Waals surface area contributed by atoms with E-state index in [2.05, 4.69) is 34.8 Å². The zero-order valence-electron chi connectivity index (χ0n) is 12.0. The molecule has 6 heteroatoms. The Hall–Kier alpha value is -1.95. The molecular weight excluding hydrogens is 336 g/mol. The Morgan fingerprint density at radius 2 is 2.00 bits per heavy atom. The lowest BCUT2D eigenvalue weighted by molar-refractivity contribution is -0.385. The van der Waals surface area contributed by atoms with Crippen LogP contribution in [0.1, 0.15) is 31.0 Å². The SMILES string of the molecule is Cc1nc(Oc2ccc(Br)cc2C(C)C)ccc1[N+](=O)[O-]. The highest BCUT2D eigenvalue weighted by molar-refractivity contribution is 9.10. The molecule has 2 aromatic rings. The first-order valence-corrected chi connectivity index (χ1v) is 7.27. The quantitative estimate of drug-likeness (QED) is 0.576. The smallest absolute Gasteiger partial charge is 0.290 e. The Morgan fingerprint density at radius 3 is 2.57 bits per heavy atom. The summed E-state index contributed by atoms with van der Waals surface area (Å²) in [6, 6.07) is 8.67. The number of aromatic nitrogens is 1. The van der Waals surface area contributed by atoms with E-state index < -0.39 is 4.92 Å². The van der Waals surface area contributed by atoms with E-state index in [9.17, 15) is 10.1 Å². The molecule has 0 unspecified atom stereocenters. The maximum atomic E-state index is 10.8. The van der Waals surface area contributed by atoms with Crippen LogP contribution < -0.4 is 4.74 Å². The van der Waals surface area contributed by atoms with Gasteiger partial charge in [-0.15, -0.1) is 0 Å². The Kier molecular flexibility index (Phi) is 4.57. The van der Waals surface area contributed by atoms with E-state index in [0.717, 1.165) is 10.0 Å². The second-order valence-electron chi connectivity index (χ2n) is 4.95. The molecule has 0 amide bonds. The van der Waals surface area contributed by atoms with Gasteiger partial charge >= 0.3 is 0 Å². The molecule has 1 aromatic carbocycles. The highest BCUT2D eigenvalue weighted by Crippen LogP contribution is 2.33. The van der Waals surface area contributed by atoms with Crippen LogP contribution in [0, 0.1) is 17.0 Å². The second kappa shape index (κ2) is 6.22. The van der Waals surface area contributed by atoms with E-state index in [1.165, 1.54) is 12.1 Å². The van der Waals surface area contributed by atoms with Gasteiger partial charge in [0, 0.05) is 16.6 Å². The molecule has 0 radical (unpaired) electrons. The molecule has 2 rings (SSSR count). The molecule has 0 aliphatic heterocycles.